The predicted octanol–water partition coefficient (Wildman–Crippen LogP) is 2.74. The van der Waals surface area contributed by atoms with Gasteiger partial charge < -0.3 is 10.2 Å². The average molecular weight is 214 g/mol. The SMILES string of the molecule is CC(CNC(C)(C)C)N(C)CC(C)(C)C. The molecule has 0 heterocycles. The molecule has 92 valence electrons. The summed E-state index contributed by atoms with van der Waals surface area (Å²) >= 11 is 0. The van der Waals surface area contributed by atoms with Crippen molar-refractivity contribution >= 4 is 0 Å². The summed E-state index contributed by atoms with van der Waals surface area (Å²) in [5.41, 5.74) is 0.599. The minimum absolute atomic E-state index is 0.219. The van der Waals surface area contributed by atoms with E-state index >= 15 is 0 Å². The number of rotatable bonds is 4. The van der Waals surface area contributed by atoms with Crippen LogP contribution in [0.5, 0.6) is 0 Å². The number of nitrogens with one attached hydrogen (secondary N) is 1. The molecule has 0 radical (unpaired) electrons. The lowest BCUT2D eigenvalue weighted by atomic mass is 9.95. The standard InChI is InChI=1S/C13H30N2/c1-11(9-14-13(5,6)7)15(8)10-12(2,3)4/h11,14H,9-10H2,1-8H3. The summed E-state index contributed by atoms with van der Waals surface area (Å²) in [7, 11) is 2.21. The Bertz CT molecular complexity index is 174. The summed E-state index contributed by atoms with van der Waals surface area (Å²) in [6.45, 7) is 18.0. The third kappa shape index (κ3) is 8.88. The highest BCUT2D eigenvalue weighted by molar-refractivity contribution is 4.77. The molecule has 0 saturated carbocycles. The van der Waals surface area contributed by atoms with Crippen LogP contribution < -0.4 is 5.32 Å². The molecule has 0 rings (SSSR count). The molecule has 0 aromatic carbocycles. The van der Waals surface area contributed by atoms with Crippen molar-refractivity contribution < 1.29 is 0 Å². The maximum atomic E-state index is 3.55. The van der Waals surface area contributed by atoms with Crippen LogP contribution in [0, 0.1) is 5.41 Å². The zero-order valence-corrected chi connectivity index (χ0v) is 11.9. The molecule has 0 aromatic heterocycles. The van der Waals surface area contributed by atoms with Gasteiger partial charge in [-0.2, -0.15) is 0 Å². The highest BCUT2D eigenvalue weighted by Gasteiger charge is 2.18. The summed E-state index contributed by atoms with van der Waals surface area (Å²) < 4.78 is 0. The molecule has 15 heavy (non-hydrogen) atoms. The maximum absolute atomic E-state index is 3.55. The first kappa shape index (κ1) is 14.9. The van der Waals surface area contributed by atoms with Crippen LogP contribution in [0.4, 0.5) is 0 Å². The third-order valence-corrected chi connectivity index (χ3v) is 2.40. The zero-order valence-electron chi connectivity index (χ0n) is 11.9. The molecule has 1 unspecified atom stereocenters. The highest BCUT2D eigenvalue weighted by Crippen LogP contribution is 2.15. The molecule has 0 spiro atoms. The van der Waals surface area contributed by atoms with Crippen LogP contribution in [0.3, 0.4) is 0 Å². The Balaban J connectivity index is 3.95. The van der Waals surface area contributed by atoms with Gasteiger partial charge in [0.2, 0.25) is 0 Å². The van der Waals surface area contributed by atoms with Crippen molar-refractivity contribution in [3.8, 4) is 0 Å². The monoisotopic (exact) mass is 214 g/mol. The van der Waals surface area contributed by atoms with Gasteiger partial charge in [0, 0.05) is 24.7 Å². The lowest BCUT2D eigenvalue weighted by molar-refractivity contribution is 0.172. The molecule has 2 heteroatoms. The fourth-order valence-corrected chi connectivity index (χ4v) is 1.51. The Kier molecular flexibility index (Phi) is 5.28. The molecule has 0 aliphatic carbocycles. The van der Waals surface area contributed by atoms with Gasteiger partial charge in [-0.05, 0) is 40.2 Å². The summed E-state index contributed by atoms with van der Waals surface area (Å²) in [5.74, 6) is 0. The Morgan fingerprint density at radius 3 is 1.87 bits per heavy atom. The van der Waals surface area contributed by atoms with Gasteiger partial charge in [0.15, 0.2) is 0 Å². The molecule has 2 nitrogen and oxygen atoms in total. The van der Waals surface area contributed by atoms with Gasteiger partial charge >= 0.3 is 0 Å². The van der Waals surface area contributed by atoms with E-state index in [9.17, 15) is 0 Å². The Morgan fingerprint density at radius 2 is 1.53 bits per heavy atom. The van der Waals surface area contributed by atoms with Crippen molar-refractivity contribution in [3.63, 3.8) is 0 Å². The van der Waals surface area contributed by atoms with Gasteiger partial charge in [0.1, 0.15) is 0 Å². The summed E-state index contributed by atoms with van der Waals surface area (Å²) in [4.78, 5) is 2.43. The molecule has 0 fully saturated rings. The molecule has 0 aliphatic heterocycles. The van der Waals surface area contributed by atoms with E-state index in [2.05, 4.69) is 65.7 Å². The topological polar surface area (TPSA) is 15.3 Å². The molecular formula is C13H30N2. The highest BCUT2D eigenvalue weighted by atomic mass is 15.2. The van der Waals surface area contributed by atoms with Crippen molar-refractivity contribution in [2.45, 2.75) is 60.0 Å². The van der Waals surface area contributed by atoms with E-state index in [1.165, 1.54) is 0 Å². The molecule has 0 bridgehead atoms. The maximum Gasteiger partial charge on any atom is 0.0189 e. The van der Waals surface area contributed by atoms with Crippen LogP contribution in [-0.2, 0) is 0 Å². The molecule has 0 aromatic rings. The largest absolute Gasteiger partial charge is 0.311 e. The van der Waals surface area contributed by atoms with Crippen LogP contribution >= 0.6 is 0 Å². The molecular weight excluding hydrogens is 184 g/mol. The van der Waals surface area contributed by atoms with Gasteiger partial charge in [0.05, 0.1) is 0 Å². The number of nitrogens with zero attached hydrogens (tertiary/aromatic N) is 1. The molecule has 0 amide bonds. The molecule has 0 saturated heterocycles. The van der Waals surface area contributed by atoms with Gasteiger partial charge in [-0.1, -0.05) is 20.8 Å². The summed E-state index contributed by atoms with van der Waals surface area (Å²) in [6.07, 6.45) is 0. The third-order valence-electron chi connectivity index (χ3n) is 2.40. The van der Waals surface area contributed by atoms with Crippen molar-refractivity contribution in [1.29, 1.82) is 0 Å². The molecule has 1 N–H and O–H groups in total. The van der Waals surface area contributed by atoms with Crippen LogP contribution in [-0.4, -0.2) is 36.6 Å². The quantitative estimate of drug-likeness (QED) is 0.774. The molecule has 0 aliphatic rings. The van der Waals surface area contributed by atoms with Gasteiger partial charge in [-0.3, -0.25) is 0 Å². The summed E-state index contributed by atoms with van der Waals surface area (Å²) in [5, 5.41) is 3.55. The van der Waals surface area contributed by atoms with E-state index in [4.69, 9.17) is 0 Å². The fraction of sp³-hybridized carbons (Fsp3) is 1.00. The van der Waals surface area contributed by atoms with Crippen LogP contribution in [0.25, 0.3) is 0 Å². The van der Waals surface area contributed by atoms with Gasteiger partial charge in [0.25, 0.3) is 0 Å². The number of likely N-dealkylation sites (N-methyl/N-ethyl adjacent to an activating group) is 1. The lowest BCUT2D eigenvalue weighted by Crippen LogP contribution is -2.46. The Hall–Kier alpha value is -0.0800. The fourth-order valence-electron chi connectivity index (χ4n) is 1.51. The van der Waals surface area contributed by atoms with E-state index < -0.39 is 0 Å². The van der Waals surface area contributed by atoms with Crippen LogP contribution in [0.15, 0.2) is 0 Å². The van der Waals surface area contributed by atoms with Crippen molar-refractivity contribution in [2.24, 2.45) is 5.41 Å². The van der Waals surface area contributed by atoms with E-state index in [0.717, 1.165) is 13.1 Å². The minimum Gasteiger partial charge on any atom is -0.311 e. The van der Waals surface area contributed by atoms with E-state index in [1.54, 1.807) is 0 Å². The van der Waals surface area contributed by atoms with Crippen molar-refractivity contribution in [3.05, 3.63) is 0 Å². The van der Waals surface area contributed by atoms with Crippen LogP contribution in [0.1, 0.15) is 48.5 Å². The predicted molar refractivity (Wildman–Crippen MR) is 69.3 cm³/mol. The Morgan fingerprint density at radius 1 is 1.07 bits per heavy atom. The molecule has 1 atom stereocenters. The van der Waals surface area contributed by atoms with Gasteiger partial charge in [-0.25, -0.2) is 0 Å². The lowest BCUT2D eigenvalue weighted by Gasteiger charge is -2.33. The first-order chi connectivity index (χ1) is 6.51. The zero-order chi connectivity index (χ0) is 12.3. The first-order valence-electron chi connectivity index (χ1n) is 5.96. The number of hydrogen-bond donors (Lipinski definition) is 1. The summed E-state index contributed by atoms with van der Waals surface area (Å²) in [6, 6.07) is 0.587. The van der Waals surface area contributed by atoms with E-state index in [0.29, 0.717) is 11.5 Å². The second-order valence-corrected chi connectivity index (χ2v) is 6.96. The van der Waals surface area contributed by atoms with E-state index in [1.807, 2.05) is 0 Å². The first-order valence-corrected chi connectivity index (χ1v) is 5.96. The second kappa shape index (κ2) is 5.31. The van der Waals surface area contributed by atoms with Gasteiger partial charge in [-0.15, -0.1) is 0 Å². The average Bonchev–Trinajstić information content (AvgIpc) is 1.95. The van der Waals surface area contributed by atoms with Crippen molar-refractivity contribution in [1.82, 2.24) is 10.2 Å². The second-order valence-electron chi connectivity index (χ2n) is 6.96. The van der Waals surface area contributed by atoms with Crippen LogP contribution in [0.2, 0.25) is 0 Å². The van der Waals surface area contributed by atoms with Crippen molar-refractivity contribution in [2.75, 3.05) is 20.1 Å². The van der Waals surface area contributed by atoms with E-state index in [-0.39, 0.29) is 5.54 Å². The minimum atomic E-state index is 0.219. The Labute approximate surface area is 96.4 Å². The smallest absolute Gasteiger partial charge is 0.0189 e. The normalized spacial score (nSPS) is 15.8. The number of hydrogen-bond acceptors (Lipinski definition) is 2.